The molecular formula is C14H20ClFN2S. The molecule has 0 aromatic heterocycles. The predicted octanol–water partition coefficient (Wildman–Crippen LogP) is 3.31. The van der Waals surface area contributed by atoms with Gasteiger partial charge in [0.15, 0.2) is 0 Å². The summed E-state index contributed by atoms with van der Waals surface area (Å²) in [4.78, 5) is 2.27. The summed E-state index contributed by atoms with van der Waals surface area (Å²) in [7, 11) is 0. The van der Waals surface area contributed by atoms with Crippen LogP contribution >= 0.6 is 23.4 Å². The molecule has 1 saturated heterocycles. The monoisotopic (exact) mass is 302 g/mol. The lowest BCUT2D eigenvalue weighted by Gasteiger charge is -2.41. The quantitative estimate of drug-likeness (QED) is 0.929. The molecule has 19 heavy (non-hydrogen) atoms. The number of hydrogen-bond acceptors (Lipinski definition) is 3. The van der Waals surface area contributed by atoms with E-state index in [0.29, 0.717) is 17.1 Å². The van der Waals surface area contributed by atoms with Crippen LogP contribution in [-0.2, 0) is 0 Å². The molecule has 1 aromatic rings. The molecule has 106 valence electrons. The summed E-state index contributed by atoms with van der Waals surface area (Å²) in [5.41, 5.74) is 6.49. The number of halogens is 2. The Balaban J connectivity index is 2.26. The van der Waals surface area contributed by atoms with Crippen molar-refractivity contribution in [2.75, 3.05) is 25.4 Å². The van der Waals surface area contributed by atoms with Gasteiger partial charge in [0.25, 0.3) is 0 Å². The maximum Gasteiger partial charge on any atom is 0.128 e. The molecule has 0 aliphatic carbocycles. The summed E-state index contributed by atoms with van der Waals surface area (Å²) in [6.45, 7) is 6.67. The number of thioether (sulfide) groups is 1. The largest absolute Gasteiger partial charge is 0.329 e. The van der Waals surface area contributed by atoms with Gasteiger partial charge >= 0.3 is 0 Å². The fourth-order valence-corrected chi connectivity index (χ4v) is 3.88. The molecule has 0 radical (unpaired) electrons. The number of hydrogen-bond donors (Lipinski definition) is 1. The van der Waals surface area contributed by atoms with E-state index in [1.165, 1.54) is 6.07 Å². The van der Waals surface area contributed by atoms with Crippen molar-refractivity contribution in [1.29, 1.82) is 0 Å². The third kappa shape index (κ3) is 3.63. The Morgan fingerprint density at radius 1 is 1.53 bits per heavy atom. The lowest BCUT2D eigenvalue weighted by atomic mass is 10.0. The Morgan fingerprint density at radius 3 is 2.89 bits per heavy atom. The van der Waals surface area contributed by atoms with Gasteiger partial charge in [-0.2, -0.15) is 11.8 Å². The van der Waals surface area contributed by atoms with Crippen molar-refractivity contribution in [2.24, 2.45) is 5.73 Å². The number of nitrogens with zero attached hydrogens (tertiary/aromatic N) is 1. The van der Waals surface area contributed by atoms with Gasteiger partial charge in [-0.3, -0.25) is 4.90 Å². The van der Waals surface area contributed by atoms with E-state index >= 15 is 0 Å². The summed E-state index contributed by atoms with van der Waals surface area (Å²) >= 11 is 7.93. The first-order valence-corrected chi connectivity index (χ1v) is 7.82. The van der Waals surface area contributed by atoms with Crippen LogP contribution in [0.4, 0.5) is 4.39 Å². The second kappa shape index (κ2) is 6.00. The van der Waals surface area contributed by atoms with Gasteiger partial charge in [0.1, 0.15) is 5.82 Å². The maximum atomic E-state index is 14.0. The highest BCUT2D eigenvalue weighted by molar-refractivity contribution is 8.00. The van der Waals surface area contributed by atoms with Crippen LogP contribution in [0.2, 0.25) is 5.02 Å². The first-order valence-electron chi connectivity index (χ1n) is 6.46. The molecule has 0 bridgehead atoms. The van der Waals surface area contributed by atoms with E-state index in [2.05, 4.69) is 18.7 Å². The molecule has 0 spiro atoms. The van der Waals surface area contributed by atoms with Crippen LogP contribution in [0, 0.1) is 5.82 Å². The highest BCUT2D eigenvalue weighted by Crippen LogP contribution is 2.34. The lowest BCUT2D eigenvalue weighted by Crippen LogP contribution is -2.46. The van der Waals surface area contributed by atoms with E-state index in [1.807, 2.05) is 11.8 Å². The minimum absolute atomic E-state index is 0.0983. The van der Waals surface area contributed by atoms with Crippen molar-refractivity contribution in [3.63, 3.8) is 0 Å². The second-order valence-corrected chi connectivity index (χ2v) is 7.73. The zero-order valence-corrected chi connectivity index (χ0v) is 12.9. The topological polar surface area (TPSA) is 29.3 Å². The average molecular weight is 303 g/mol. The van der Waals surface area contributed by atoms with Crippen molar-refractivity contribution in [3.8, 4) is 0 Å². The number of rotatable bonds is 3. The highest BCUT2D eigenvalue weighted by atomic mass is 35.5. The van der Waals surface area contributed by atoms with Crippen LogP contribution in [-0.4, -0.2) is 35.0 Å². The smallest absolute Gasteiger partial charge is 0.128 e. The van der Waals surface area contributed by atoms with Crippen LogP contribution in [0.5, 0.6) is 0 Å². The number of benzene rings is 1. The van der Waals surface area contributed by atoms with Crippen molar-refractivity contribution in [2.45, 2.75) is 24.6 Å². The highest BCUT2D eigenvalue weighted by Gasteiger charge is 2.32. The molecule has 1 fully saturated rings. The van der Waals surface area contributed by atoms with Crippen LogP contribution in [0.15, 0.2) is 18.2 Å². The zero-order chi connectivity index (χ0) is 14.0. The normalized spacial score (nSPS) is 21.3. The van der Waals surface area contributed by atoms with Crippen molar-refractivity contribution >= 4 is 23.4 Å². The van der Waals surface area contributed by atoms with Crippen molar-refractivity contribution < 1.29 is 4.39 Å². The summed E-state index contributed by atoms with van der Waals surface area (Å²) in [5.74, 6) is 0.821. The molecule has 1 aromatic carbocycles. The molecule has 1 atom stereocenters. The van der Waals surface area contributed by atoms with Crippen LogP contribution < -0.4 is 5.73 Å². The van der Waals surface area contributed by atoms with E-state index in [1.54, 1.807) is 12.1 Å². The minimum atomic E-state index is -0.226. The van der Waals surface area contributed by atoms with Crippen LogP contribution in [0.3, 0.4) is 0 Å². The molecule has 5 heteroatoms. The molecule has 2 nitrogen and oxygen atoms in total. The minimum Gasteiger partial charge on any atom is -0.329 e. The maximum absolute atomic E-state index is 14.0. The standard InChI is InChI=1S/C14H20ClFN2S/c1-14(2)9-18(5-6-19-14)13(8-17)11-7-10(15)3-4-12(11)16/h3-4,7,13H,5-6,8-9,17H2,1-2H3. The molecule has 1 aliphatic rings. The van der Waals surface area contributed by atoms with Gasteiger partial charge in [0.05, 0.1) is 6.04 Å². The molecular weight excluding hydrogens is 283 g/mol. The first kappa shape index (κ1) is 15.1. The van der Waals surface area contributed by atoms with Gasteiger partial charge in [0, 0.05) is 40.7 Å². The molecule has 0 saturated carbocycles. The third-order valence-corrected chi connectivity index (χ3v) is 4.97. The van der Waals surface area contributed by atoms with E-state index < -0.39 is 0 Å². The Hall–Kier alpha value is -0.290. The Bertz CT molecular complexity index is 453. The summed E-state index contributed by atoms with van der Waals surface area (Å²) in [6, 6.07) is 4.59. The average Bonchev–Trinajstić information content (AvgIpc) is 2.33. The van der Waals surface area contributed by atoms with Crippen molar-refractivity contribution in [3.05, 3.63) is 34.6 Å². The van der Waals surface area contributed by atoms with Crippen LogP contribution in [0.1, 0.15) is 25.5 Å². The summed E-state index contributed by atoms with van der Waals surface area (Å²) in [5, 5.41) is 0.556. The molecule has 1 heterocycles. The van der Waals surface area contributed by atoms with E-state index in [-0.39, 0.29) is 16.6 Å². The summed E-state index contributed by atoms with van der Waals surface area (Å²) in [6.07, 6.45) is 0. The molecule has 1 unspecified atom stereocenters. The molecule has 2 rings (SSSR count). The first-order chi connectivity index (χ1) is 8.93. The van der Waals surface area contributed by atoms with E-state index in [9.17, 15) is 4.39 Å². The fourth-order valence-electron chi connectivity index (χ4n) is 2.56. The van der Waals surface area contributed by atoms with Gasteiger partial charge in [-0.25, -0.2) is 4.39 Å². The Kier molecular flexibility index (Phi) is 4.77. The third-order valence-electron chi connectivity index (χ3n) is 3.44. The van der Waals surface area contributed by atoms with Gasteiger partial charge in [-0.05, 0) is 32.0 Å². The van der Waals surface area contributed by atoms with E-state index in [0.717, 1.165) is 18.8 Å². The van der Waals surface area contributed by atoms with Gasteiger partial charge < -0.3 is 5.73 Å². The van der Waals surface area contributed by atoms with Gasteiger partial charge in [-0.15, -0.1) is 0 Å². The predicted molar refractivity (Wildman–Crippen MR) is 81.3 cm³/mol. The van der Waals surface area contributed by atoms with Crippen LogP contribution in [0.25, 0.3) is 0 Å². The Labute approximate surface area is 123 Å². The fraction of sp³-hybridized carbons (Fsp3) is 0.571. The van der Waals surface area contributed by atoms with Gasteiger partial charge in [0.2, 0.25) is 0 Å². The second-order valence-electron chi connectivity index (χ2n) is 5.50. The number of nitrogens with two attached hydrogens (primary N) is 1. The molecule has 2 N–H and O–H groups in total. The zero-order valence-electron chi connectivity index (χ0n) is 11.3. The Morgan fingerprint density at radius 2 is 2.26 bits per heavy atom. The SMILES string of the molecule is CC1(C)CN(C(CN)c2cc(Cl)ccc2F)CCS1. The lowest BCUT2D eigenvalue weighted by molar-refractivity contribution is 0.189. The van der Waals surface area contributed by atoms with E-state index in [4.69, 9.17) is 17.3 Å². The molecule has 0 amide bonds. The van der Waals surface area contributed by atoms with Crippen molar-refractivity contribution in [1.82, 2.24) is 4.90 Å². The van der Waals surface area contributed by atoms with Gasteiger partial charge in [-0.1, -0.05) is 11.6 Å². The molecule has 1 aliphatic heterocycles. The summed E-state index contributed by atoms with van der Waals surface area (Å²) < 4.78 is 14.2.